The maximum atomic E-state index is 12.7. The fourth-order valence-electron chi connectivity index (χ4n) is 0.996. The van der Waals surface area contributed by atoms with E-state index in [9.17, 15) is 22.0 Å². The summed E-state index contributed by atoms with van der Waals surface area (Å²) < 4.78 is 50.0. The van der Waals surface area contributed by atoms with Crippen molar-refractivity contribution in [2.24, 2.45) is 0 Å². The molecule has 1 heterocycles. The lowest BCUT2D eigenvalue weighted by atomic mass is 10.3. The van der Waals surface area contributed by atoms with Crippen LogP contribution in [-0.4, -0.2) is 48.7 Å². The van der Waals surface area contributed by atoms with Crippen molar-refractivity contribution in [3.8, 4) is 0 Å². The summed E-state index contributed by atoms with van der Waals surface area (Å²) in [6, 6.07) is 1.86. The van der Waals surface area contributed by atoms with Gasteiger partial charge in [-0.1, -0.05) is 0 Å². The van der Waals surface area contributed by atoms with Gasteiger partial charge in [0.05, 0.1) is 12.1 Å². The van der Waals surface area contributed by atoms with Gasteiger partial charge in [0.15, 0.2) is 5.03 Å². The molecule has 106 valence electrons. The van der Waals surface area contributed by atoms with Gasteiger partial charge in [0.1, 0.15) is 6.61 Å². The van der Waals surface area contributed by atoms with Crippen molar-refractivity contribution in [3.63, 3.8) is 0 Å². The quantitative estimate of drug-likeness (QED) is 0.662. The Kier molecular flexibility index (Phi) is 4.50. The van der Waals surface area contributed by atoms with E-state index in [-0.39, 0.29) is 5.56 Å². The second kappa shape index (κ2) is 5.55. The van der Waals surface area contributed by atoms with Crippen molar-refractivity contribution in [1.29, 1.82) is 0 Å². The first-order valence-corrected chi connectivity index (χ1v) is 6.34. The largest absolute Gasteiger partial charge is 0.478 e. The van der Waals surface area contributed by atoms with E-state index >= 15 is 0 Å². The van der Waals surface area contributed by atoms with Crippen molar-refractivity contribution >= 4 is 16.0 Å². The van der Waals surface area contributed by atoms with E-state index < -0.39 is 40.1 Å². The minimum atomic E-state index is -4.29. The molecule has 0 saturated carbocycles. The van der Waals surface area contributed by atoms with Crippen LogP contribution in [0.25, 0.3) is 0 Å². The summed E-state index contributed by atoms with van der Waals surface area (Å²) in [5.41, 5.74) is -0.236. The maximum absolute atomic E-state index is 12.7. The monoisotopic (exact) mass is 296 g/mol. The Balaban J connectivity index is 2.86. The first-order valence-electron chi connectivity index (χ1n) is 4.86. The van der Waals surface area contributed by atoms with Gasteiger partial charge >= 0.3 is 5.97 Å². The maximum Gasteiger partial charge on any atom is 0.337 e. The standard InChI is InChI=1S/C9H10F2N2O5S/c10-9(11,5-14)4-13-19(17,18)7-2-1-6(3-12-7)8(15)16/h1-3,13-14H,4-5H2,(H,15,16). The number of hydrogen-bond acceptors (Lipinski definition) is 5. The Morgan fingerprint density at radius 2 is 2.05 bits per heavy atom. The van der Waals surface area contributed by atoms with E-state index in [1.807, 2.05) is 0 Å². The van der Waals surface area contributed by atoms with Gasteiger partial charge in [-0.15, -0.1) is 0 Å². The van der Waals surface area contributed by atoms with Crippen LogP contribution in [0.5, 0.6) is 0 Å². The molecule has 1 aromatic rings. The number of alkyl halides is 2. The van der Waals surface area contributed by atoms with Crippen LogP contribution in [0.3, 0.4) is 0 Å². The summed E-state index contributed by atoms with van der Waals surface area (Å²) in [6.45, 7) is -2.78. The number of nitrogens with zero attached hydrogens (tertiary/aromatic N) is 1. The highest BCUT2D eigenvalue weighted by atomic mass is 32.2. The first kappa shape index (κ1) is 15.4. The number of aromatic nitrogens is 1. The molecule has 0 aliphatic rings. The number of carboxylic acid groups (broad SMARTS) is 1. The van der Waals surface area contributed by atoms with E-state index in [2.05, 4.69) is 4.98 Å². The zero-order valence-corrected chi connectivity index (χ0v) is 10.2. The number of halogens is 2. The van der Waals surface area contributed by atoms with Crippen LogP contribution in [0.2, 0.25) is 0 Å². The summed E-state index contributed by atoms with van der Waals surface area (Å²) in [6.07, 6.45) is 0.793. The number of aliphatic hydroxyl groups excluding tert-OH is 1. The van der Waals surface area contributed by atoms with Gasteiger partial charge in [-0.3, -0.25) is 0 Å². The van der Waals surface area contributed by atoms with Crippen molar-refractivity contribution in [2.45, 2.75) is 10.9 Å². The number of carbonyl (C=O) groups is 1. The van der Waals surface area contributed by atoms with E-state index in [0.717, 1.165) is 18.3 Å². The van der Waals surface area contributed by atoms with Gasteiger partial charge in [0.25, 0.3) is 15.9 Å². The Hall–Kier alpha value is -1.65. The molecule has 1 rings (SSSR count). The van der Waals surface area contributed by atoms with Crippen LogP contribution in [0.4, 0.5) is 8.78 Å². The molecule has 0 atom stereocenters. The lowest BCUT2D eigenvalue weighted by Gasteiger charge is -2.13. The molecular weight excluding hydrogens is 286 g/mol. The van der Waals surface area contributed by atoms with E-state index in [0.29, 0.717) is 0 Å². The number of rotatable bonds is 6. The summed E-state index contributed by atoms with van der Waals surface area (Å²) in [5.74, 6) is -4.88. The SMILES string of the molecule is O=C(O)c1ccc(S(=O)(=O)NCC(F)(F)CO)nc1. The molecule has 0 saturated heterocycles. The average Bonchev–Trinajstić information content (AvgIpc) is 2.37. The highest BCUT2D eigenvalue weighted by Crippen LogP contribution is 2.12. The highest BCUT2D eigenvalue weighted by molar-refractivity contribution is 7.89. The van der Waals surface area contributed by atoms with Crippen LogP contribution in [0.1, 0.15) is 10.4 Å². The number of aliphatic hydroxyl groups is 1. The Morgan fingerprint density at radius 1 is 1.42 bits per heavy atom. The van der Waals surface area contributed by atoms with Gasteiger partial charge in [-0.05, 0) is 12.1 Å². The minimum Gasteiger partial charge on any atom is -0.478 e. The van der Waals surface area contributed by atoms with Gasteiger partial charge in [0.2, 0.25) is 0 Å². The van der Waals surface area contributed by atoms with Crippen LogP contribution >= 0.6 is 0 Å². The van der Waals surface area contributed by atoms with Crippen LogP contribution in [-0.2, 0) is 10.0 Å². The molecule has 1 aromatic heterocycles. The summed E-state index contributed by atoms with van der Waals surface area (Å²) in [5, 5.41) is 16.3. The predicted octanol–water partition coefficient (Wildman–Crippen LogP) is -0.314. The average molecular weight is 296 g/mol. The Morgan fingerprint density at radius 3 is 2.47 bits per heavy atom. The molecule has 3 N–H and O–H groups in total. The molecule has 19 heavy (non-hydrogen) atoms. The predicted molar refractivity (Wildman–Crippen MR) is 58.4 cm³/mol. The molecule has 0 fully saturated rings. The summed E-state index contributed by atoms with van der Waals surface area (Å²) >= 11 is 0. The van der Waals surface area contributed by atoms with E-state index in [1.165, 1.54) is 0 Å². The van der Waals surface area contributed by atoms with Crippen LogP contribution in [0, 0.1) is 0 Å². The zero-order chi connectivity index (χ0) is 14.7. The topological polar surface area (TPSA) is 117 Å². The normalized spacial score (nSPS) is 12.4. The molecule has 10 heteroatoms. The number of sulfonamides is 1. The Bertz CT molecular complexity index is 558. The first-order chi connectivity index (χ1) is 8.68. The third-order valence-corrected chi connectivity index (χ3v) is 3.33. The smallest absolute Gasteiger partial charge is 0.337 e. The molecule has 0 aliphatic carbocycles. The second-order valence-corrected chi connectivity index (χ2v) is 5.24. The van der Waals surface area contributed by atoms with Crippen LogP contribution < -0.4 is 4.72 Å². The molecule has 0 amide bonds. The Labute approximate surface area is 107 Å². The third kappa shape index (κ3) is 4.19. The van der Waals surface area contributed by atoms with Crippen molar-refractivity contribution < 1.29 is 32.2 Å². The molecule has 0 aliphatic heterocycles. The highest BCUT2D eigenvalue weighted by Gasteiger charge is 2.30. The van der Waals surface area contributed by atoms with Crippen LogP contribution in [0.15, 0.2) is 23.4 Å². The fourth-order valence-corrected chi connectivity index (χ4v) is 1.98. The summed E-state index contributed by atoms with van der Waals surface area (Å²) in [7, 11) is -4.29. The molecule has 0 unspecified atom stereocenters. The molecular formula is C9H10F2N2O5S. The number of carboxylic acids is 1. The fraction of sp³-hybridized carbons (Fsp3) is 0.333. The van der Waals surface area contributed by atoms with Crippen molar-refractivity contribution in [3.05, 3.63) is 23.9 Å². The van der Waals surface area contributed by atoms with E-state index in [1.54, 1.807) is 4.72 Å². The molecule has 0 bridgehead atoms. The van der Waals surface area contributed by atoms with Gasteiger partial charge in [-0.25, -0.2) is 31.7 Å². The number of aromatic carboxylic acids is 1. The summed E-state index contributed by atoms with van der Waals surface area (Å²) in [4.78, 5) is 13.9. The van der Waals surface area contributed by atoms with Crippen molar-refractivity contribution in [2.75, 3.05) is 13.2 Å². The van der Waals surface area contributed by atoms with Crippen molar-refractivity contribution in [1.82, 2.24) is 9.71 Å². The number of hydrogen-bond donors (Lipinski definition) is 3. The lowest BCUT2D eigenvalue weighted by Crippen LogP contribution is -2.39. The molecule has 0 spiro atoms. The van der Waals surface area contributed by atoms with Gasteiger partial charge < -0.3 is 10.2 Å². The van der Waals surface area contributed by atoms with E-state index in [4.69, 9.17) is 10.2 Å². The third-order valence-electron chi connectivity index (χ3n) is 2.01. The second-order valence-electron chi connectivity index (χ2n) is 3.53. The molecule has 7 nitrogen and oxygen atoms in total. The molecule has 0 radical (unpaired) electrons. The van der Waals surface area contributed by atoms with Gasteiger partial charge in [-0.2, -0.15) is 0 Å². The molecule has 0 aromatic carbocycles. The lowest BCUT2D eigenvalue weighted by molar-refractivity contribution is -0.0437. The minimum absolute atomic E-state index is 0.236. The number of nitrogens with one attached hydrogen (secondary N) is 1. The number of pyridine rings is 1. The zero-order valence-electron chi connectivity index (χ0n) is 9.38. The van der Waals surface area contributed by atoms with Gasteiger partial charge in [0, 0.05) is 6.20 Å².